The first-order valence-corrected chi connectivity index (χ1v) is 7.40. The van der Waals surface area contributed by atoms with Gasteiger partial charge in [-0.15, -0.1) is 0 Å². The zero-order valence-corrected chi connectivity index (χ0v) is 13.3. The molecule has 0 bridgehead atoms. The molecule has 1 aliphatic heterocycles. The molecule has 0 unspecified atom stereocenters. The van der Waals surface area contributed by atoms with Crippen molar-refractivity contribution in [3.05, 3.63) is 70.9 Å². The SMILES string of the molecule is CC(=O)Oc1ccc(/C=C2/N=C(c3ccccc3C)OC2=O)cc1. The summed E-state index contributed by atoms with van der Waals surface area (Å²) < 4.78 is 10.2. The second-order valence-corrected chi connectivity index (χ2v) is 5.31. The molecule has 0 atom stereocenters. The van der Waals surface area contributed by atoms with E-state index in [4.69, 9.17) is 9.47 Å². The molecule has 0 saturated heterocycles. The van der Waals surface area contributed by atoms with E-state index in [0.29, 0.717) is 11.6 Å². The normalized spacial score (nSPS) is 15.2. The van der Waals surface area contributed by atoms with Crippen molar-refractivity contribution in [2.45, 2.75) is 13.8 Å². The van der Waals surface area contributed by atoms with E-state index in [9.17, 15) is 9.59 Å². The number of ether oxygens (including phenoxy) is 2. The lowest BCUT2D eigenvalue weighted by Crippen LogP contribution is -2.06. The van der Waals surface area contributed by atoms with E-state index in [0.717, 1.165) is 16.7 Å². The second kappa shape index (κ2) is 6.50. The molecule has 3 rings (SSSR count). The van der Waals surface area contributed by atoms with Gasteiger partial charge in [-0.3, -0.25) is 4.79 Å². The van der Waals surface area contributed by atoms with Crippen LogP contribution < -0.4 is 4.74 Å². The van der Waals surface area contributed by atoms with E-state index in [1.165, 1.54) is 6.92 Å². The predicted octanol–water partition coefficient (Wildman–Crippen LogP) is 3.26. The molecule has 0 aromatic heterocycles. The Morgan fingerprint density at radius 1 is 1.12 bits per heavy atom. The van der Waals surface area contributed by atoms with E-state index in [-0.39, 0.29) is 11.7 Å². The van der Waals surface area contributed by atoms with Gasteiger partial charge >= 0.3 is 11.9 Å². The molecule has 2 aromatic carbocycles. The van der Waals surface area contributed by atoms with Gasteiger partial charge in [0, 0.05) is 12.5 Å². The minimum Gasteiger partial charge on any atom is -0.427 e. The maximum atomic E-state index is 12.0. The number of carbonyl (C=O) groups is 2. The van der Waals surface area contributed by atoms with Gasteiger partial charge in [0.2, 0.25) is 5.90 Å². The molecule has 0 spiro atoms. The molecule has 0 aliphatic carbocycles. The summed E-state index contributed by atoms with van der Waals surface area (Å²) >= 11 is 0. The Balaban J connectivity index is 1.86. The van der Waals surface area contributed by atoms with Crippen molar-refractivity contribution < 1.29 is 19.1 Å². The minimum atomic E-state index is -0.489. The van der Waals surface area contributed by atoms with Crippen LogP contribution >= 0.6 is 0 Å². The molecule has 0 N–H and O–H groups in total. The number of aliphatic imine (C=N–C) groups is 1. The van der Waals surface area contributed by atoms with Crippen LogP contribution in [0.15, 0.2) is 59.2 Å². The second-order valence-electron chi connectivity index (χ2n) is 5.31. The number of aryl methyl sites for hydroxylation is 1. The van der Waals surface area contributed by atoms with Gasteiger partial charge < -0.3 is 9.47 Å². The third-order valence-corrected chi connectivity index (χ3v) is 3.44. The lowest BCUT2D eigenvalue weighted by molar-refractivity contribution is -0.132. The van der Waals surface area contributed by atoms with Gasteiger partial charge in [0.05, 0.1) is 0 Å². The third kappa shape index (κ3) is 3.41. The van der Waals surface area contributed by atoms with Crippen molar-refractivity contribution in [3.63, 3.8) is 0 Å². The first-order chi connectivity index (χ1) is 11.5. The lowest BCUT2D eigenvalue weighted by atomic mass is 10.1. The van der Waals surface area contributed by atoms with E-state index in [1.54, 1.807) is 30.3 Å². The molecule has 0 radical (unpaired) electrons. The number of benzene rings is 2. The Kier molecular flexibility index (Phi) is 4.24. The molecule has 120 valence electrons. The predicted molar refractivity (Wildman–Crippen MR) is 89.5 cm³/mol. The summed E-state index contributed by atoms with van der Waals surface area (Å²) in [4.78, 5) is 27.2. The molecule has 1 heterocycles. The average Bonchev–Trinajstić information content (AvgIpc) is 2.90. The summed E-state index contributed by atoms with van der Waals surface area (Å²) in [5.41, 5.74) is 2.76. The molecular weight excluding hydrogens is 306 g/mol. The molecule has 0 fully saturated rings. The molecule has 24 heavy (non-hydrogen) atoms. The topological polar surface area (TPSA) is 65.0 Å². The fourth-order valence-corrected chi connectivity index (χ4v) is 2.29. The van der Waals surface area contributed by atoms with Gasteiger partial charge in [-0.05, 0) is 42.3 Å². The fraction of sp³-hybridized carbons (Fsp3) is 0.105. The summed E-state index contributed by atoms with van der Waals surface area (Å²) in [6.07, 6.45) is 1.63. The molecule has 1 aliphatic rings. The van der Waals surface area contributed by atoms with Crippen molar-refractivity contribution in [1.82, 2.24) is 0 Å². The highest BCUT2D eigenvalue weighted by Gasteiger charge is 2.24. The first-order valence-electron chi connectivity index (χ1n) is 7.40. The van der Waals surface area contributed by atoms with E-state index < -0.39 is 5.97 Å². The number of nitrogens with zero attached hydrogens (tertiary/aromatic N) is 1. The van der Waals surface area contributed by atoms with Crippen LogP contribution in [0.4, 0.5) is 0 Å². The molecule has 2 aromatic rings. The van der Waals surface area contributed by atoms with Crippen molar-refractivity contribution in [3.8, 4) is 5.75 Å². The monoisotopic (exact) mass is 321 g/mol. The van der Waals surface area contributed by atoms with E-state index in [2.05, 4.69) is 4.99 Å². The van der Waals surface area contributed by atoms with Crippen LogP contribution in [0, 0.1) is 6.92 Å². The molecule has 5 nitrogen and oxygen atoms in total. The maximum Gasteiger partial charge on any atom is 0.363 e. The first kappa shape index (κ1) is 15.7. The fourth-order valence-electron chi connectivity index (χ4n) is 2.29. The highest BCUT2D eigenvalue weighted by Crippen LogP contribution is 2.21. The number of carbonyl (C=O) groups excluding carboxylic acids is 2. The smallest absolute Gasteiger partial charge is 0.363 e. The van der Waals surface area contributed by atoms with Crippen LogP contribution in [-0.4, -0.2) is 17.8 Å². The molecule has 0 saturated carbocycles. The standard InChI is InChI=1S/C19H15NO4/c1-12-5-3-4-6-16(12)18-20-17(19(22)24-18)11-14-7-9-15(10-8-14)23-13(2)21/h3-11H,1-2H3/b17-11+. The summed E-state index contributed by atoms with van der Waals surface area (Å²) in [5.74, 6) is -0.117. The Bertz CT molecular complexity index is 863. The van der Waals surface area contributed by atoms with Gasteiger partial charge in [0.15, 0.2) is 5.70 Å². The highest BCUT2D eigenvalue weighted by molar-refractivity contribution is 6.13. The van der Waals surface area contributed by atoms with Crippen LogP contribution in [0.1, 0.15) is 23.6 Å². The van der Waals surface area contributed by atoms with Crippen molar-refractivity contribution in [2.75, 3.05) is 0 Å². The molecular formula is C19H15NO4. The van der Waals surface area contributed by atoms with E-state index in [1.807, 2.05) is 31.2 Å². The lowest BCUT2D eigenvalue weighted by Gasteiger charge is -2.02. The van der Waals surface area contributed by atoms with Crippen LogP contribution in [0.5, 0.6) is 5.75 Å². The minimum absolute atomic E-state index is 0.230. The summed E-state index contributed by atoms with van der Waals surface area (Å²) in [5, 5.41) is 0. The average molecular weight is 321 g/mol. The zero-order valence-electron chi connectivity index (χ0n) is 13.3. The Hall–Kier alpha value is -3.21. The number of esters is 2. The van der Waals surface area contributed by atoms with Crippen LogP contribution in [0.25, 0.3) is 6.08 Å². The molecule has 0 amide bonds. The Labute approximate surface area is 139 Å². The van der Waals surface area contributed by atoms with Gasteiger partial charge in [0.1, 0.15) is 5.75 Å². The van der Waals surface area contributed by atoms with Gasteiger partial charge in [-0.25, -0.2) is 9.79 Å². The maximum absolute atomic E-state index is 12.0. The van der Waals surface area contributed by atoms with Crippen LogP contribution in [0.3, 0.4) is 0 Å². The largest absolute Gasteiger partial charge is 0.427 e. The number of cyclic esters (lactones) is 1. The quantitative estimate of drug-likeness (QED) is 0.494. The molecule has 5 heteroatoms. The summed E-state index contributed by atoms with van der Waals surface area (Å²) in [6, 6.07) is 14.4. The van der Waals surface area contributed by atoms with E-state index >= 15 is 0 Å². The summed E-state index contributed by atoms with van der Waals surface area (Å²) in [7, 11) is 0. The van der Waals surface area contributed by atoms with Crippen LogP contribution in [-0.2, 0) is 14.3 Å². The Morgan fingerprint density at radius 2 is 1.83 bits per heavy atom. The number of rotatable bonds is 3. The number of hydrogen-bond acceptors (Lipinski definition) is 5. The van der Waals surface area contributed by atoms with Crippen molar-refractivity contribution >= 4 is 23.9 Å². The van der Waals surface area contributed by atoms with Crippen molar-refractivity contribution in [2.24, 2.45) is 4.99 Å². The van der Waals surface area contributed by atoms with Gasteiger partial charge in [0.25, 0.3) is 0 Å². The highest BCUT2D eigenvalue weighted by atomic mass is 16.6. The zero-order chi connectivity index (χ0) is 17.1. The van der Waals surface area contributed by atoms with Gasteiger partial charge in [-0.2, -0.15) is 0 Å². The summed E-state index contributed by atoms with van der Waals surface area (Å²) in [6.45, 7) is 3.27. The number of hydrogen-bond donors (Lipinski definition) is 0. The van der Waals surface area contributed by atoms with Gasteiger partial charge in [-0.1, -0.05) is 30.3 Å². The van der Waals surface area contributed by atoms with Crippen LogP contribution in [0.2, 0.25) is 0 Å². The van der Waals surface area contributed by atoms with Crippen molar-refractivity contribution in [1.29, 1.82) is 0 Å². The third-order valence-electron chi connectivity index (χ3n) is 3.44. The Morgan fingerprint density at radius 3 is 2.50 bits per heavy atom.